The molecule has 1 heterocycles. The normalized spacial score (nSPS) is 20.6. The van der Waals surface area contributed by atoms with Crippen molar-refractivity contribution in [3.8, 4) is 5.75 Å². The Hall–Kier alpha value is -1.74. The fourth-order valence-corrected chi connectivity index (χ4v) is 3.83. The van der Waals surface area contributed by atoms with Crippen LogP contribution < -0.4 is 10.3 Å². The number of pyridine rings is 1. The summed E-state index contributed by atoms with van der Waals surface area (Å²) in [5, 5.41) is 0.0191. The van der Waals surface area contributed by atoms with Gasteiger partial charge in [0.15, 0.2) is 0 Å². The molecule has 1 aliphatic rings. The van der Waals surface area contributed by atoms with Crippen LogP contribution in [0.3, 0.4) is 0 Å². The number of aromatic nitrogens is 1. The molecule has 0 amide bonds. The van der Waals surface area contributed by atoms with E-state index in [-0.39, 0.29) is 23.0 Å². The topological polar surface area (TPSA) is 42.1 Å². The van der Waals surface area contributed by atoms with Gasteiger partial charge in [-0.2, -0.15) is 0 Å². The maximum Gasteiger partial charge on any atom is 0.255 e. The summed E-state index contributed by atoms with van der Waals surface area (Å²) in [6.45, 7) is 4.04. The zero-order valence-electron chi connectivity index (χ0n) is 14.9. The Morgan fingerprint density at radius 2 is 1.92 bits per heavy atom. The maximum atomic E-state index is 12.6. The molecular weight excluding hydrogens is 334 g/mol. The molecule has 134 valence electrons. The fraction of sp³-hybridized carbons (Fsp3) is 0.476. The number of nitrogens with one attached hydrogen (secondary N) is 1. The third-order valence-corrected chi connectivity index (χ3v) is 5.30. The molecule has 0 bridgehead atoms. The van der Waals surface area contributed by atoms with Crippen molar-refractivity contribution in [2.24, 2.45) is 0 Å². The lowest BCUT2D eigenvalue weighted by Gasteiger charge is -2.29. The van der Waals surface area contributed by atoms with Crippen LogP contribution >= 0.6 is 11.6 Å². The molecule has 2 unspecified atom stereocenters. The number of aromatic amines is 1. The van der Waals surface area contributed by atoms with Crippen molar-refractivity contribution in [3.05, 3.63) is 63.6 Å². The SMILES string of the molecule is CC(C)c1c(OC2CCCCC2Cl)cc(Cc2ccccc2)[nH]c1=O. The lowest BCUT2D eigenvalue weighted by molar-refractivity contribution is 0.157. The van der Waals surface area contributed by atoms with E-state index in [1.54, 1.807) is 0 Å². The number of rotatable bonds is 5. The molecule has 4 heteroatoms. The van der Waals surface area contributed by atoms with E-state index >= 15 is 0 Å². The minimum Gasteiger partial charge on any atom is -0.488 e. The van der Waals surface area contributed by atoms with E-state index in [4.69, 9.17) is 16.3 Å². The average molecular weight is 360 g/mol. The van der Waals surface area contributed by atoms with Crippen molar-refractivity contribution in [1.29, 1.82) is 0 Å². The molecule has 3 rings (SSSR count). The van der Waals surface area contributed by atoms with Crippen LogP contribution in [0.1, 0.15) is 62.3 Å². The van der Waals surface area contributed by atoms with Gasteiger partial charge in [-0.3, -0.25) is 4.79 Å². The van der Waals surface area contributed by atoms with Crippen molar-refractivity contribution >= 4 is 11.6 Å². The lowest BCUT2D eigenvalue weighted by Crippen LogP contribution is -2.32. The van der Waals surface area contributed by atoms with Crippen LogP contribution in [0.15, 0.2) is 41.2 Å². The van der Waals surface area contributed by atoms with E-state index in [0.717, 1.165) is 36.9 Å². The molecule has 2 atom stereocenters. The van der Waals surface area contributed by atoms with E-state index in [9.17, 15) is 4.79 Å². The van der Waals surface area contributed by atoms with E-state index < -0.39 is 0 Å². The second kappa shape index (κ2) is 8.09. The van der Waals surface area contributed by atoms with Crippen LogP contribution in [0, 0.1) is 0 Å². The van der Waals surface area contributed by atoms with Gasteiger partial charge in [0.25, 0.3) is 5.56 Å². The molecule has 0 radical (unpaired) electrons. The van der Waals surface area contributed by atoms with Crippen molar-refractivity contribution in [2.75, 3.05) is 0 Å². The fourth-order valence-electron chi connectivity index (χ4n) is 3.50. The number of benzene rings is 1. The largest absolute Gasteiger partial charge is 0.488 e. The first-order valence-electron chi connectivity index (χ1n) is 9.15. The summed E-state index contributed by atoms with van der Waals surface area (Å²) in [6.07, 6.45) is 4.87. The van der Waals surface area contributed by atoms with Gasteiger partial charge >= 0.3 is 0 Å². The Bertz CT molecular complexity index is 754. The molecule has 1 aromatic heterocycles. The van der Waals surface area contributed by atoms with Gasteiger partial charge < -0.3 is 9.72 Å². The molecule has 0 aliphatic heterocycles. The minimum absolute atomic E-state index is 0.0145. The molecule has 25 heavy (non-hydrogen) atoms. The van der Waals surface area contributed by atoms with E-state index in [1.807, 2.05) is 38.1 Å². The average Bonchev–Trinajstić information content (AvgIpc) is 2.57. The molecular formula is C21H26ClNO2. The van der Waals surface area contributed by atoms with Crippen LogP contribution in [0.5, 0.6) is 5.75 Å². The van der Waals surface area contributed by atoms with Gasteiger partial charge in [0.05, 0.1) is 10.9 Å². The van der Waals surface area contributed by atoms with E-state index in [0.29, 0.717) is 17.7 Å². The van der Waals surface area contributed by atoms with Crippen LogP contribution in [-0.2, 0) is 6.42 Å². The summed E-state index contributed by atoms with van der Waals surface area (Å²) in [7, 11) is 0. The summed E-state index contributed by atoms with van der Waals surface area (Å²) in [5.74, 6) is 0.795. The first-order valence-corrected chi connectivity index (χ1v) is 9.59. The summed E-state index contributed by atoms with van der Waals surface area (Å²) >= 11 is 6.46. The number of H-pyrrole nitrogens is 1. The van der Waals surface area contributed by atoms with Crippen molar-refractivity contribution in [2.45, 2.75) is 63.4 Å². The van der Waals surface area contributed by atoms with Crippen molar-refractivity contribution in [3.63, 3.8) is 0 Å². The maximum absolute atomic E-state index is 12.6. The van der Waals surface area contributed by atoms with Gasteiger partial charge in [-0.05, 0) is 30.7 Å². The number of hydrogen-bond acceptors (Lipinski definition) is 2. The summed E-state index contributed by atoms with van der Waals surface area (Å²) in [5.41, 5.74) is 2.69. The van der Waals surface area contributed by atoms with Gasteiger partial charge in [-0.15, -0.1) is 11.6 Å². The Morgan fingerprint density at radius 3 is 2.60 bits per heavy atom. The highest BCUT2D eigenvalue weighted by Crippen LogP contribution is 2.31. The molecule has 0 spiro atoms. The Morgan fingerprint density at radius 1 is 1.20 bits per heavy atom. The van der Waals surface area contributed by atoms with Gasteiger partial charge in [-0.1, -0.05) is 50.6 Å². The molecule has 1 N–H and O–H groups in total. The first kappa shape index (κ1) is 18.1. The Labute approximate surface area is 154 Å². The zero-order valence-corrected chi connectivity index (χ0v) is 15.7. The van der Waals surface area contributed by atoms with Crippen LogP contribution in [0.4, 0.5) is 0 Å². The van der Waals surface area contributed by atoms with Crippen LogP contribution in [-0.4, -0.2) is 16.5 Å². The molecule has 1 aliphatic carbocycles. The number of halogens is 1. The monoisotopic (exact) mass is 359 g/mol. The smallest absolute Gasteiger partial charge is 0.255 e. The Kier molecular flexibility index (Phi) is 5.85. The molecule has 3 nitrogen and oxygen atoms in total. The Balaban J connectivity index is 1.91. The molecule has 1 aromatic carbocycles. The van der Waals surface area contributed by atoms with Gasteiger partial charge in [-0.25, -0.2) is 0 Å². The van der Waals surface area contributed by atoms with Gasteiger partial charge in [0, 0.05) is 18.2 Å². The van der Waals surface area contributed by atoms with Crippen molar-refractivity contribution in [1.82, 2.24) is 4.98 Å². The van der Waals surface area contributed by atoms with E-state index in [1.165, 1.54) is 0 Å². The first-order chi connectivity index (χ1) is 12.0. The summed E-state index contributed by atoms with van der Waals surface area (Å²) in [4.78, 5) is 15.7. The molecule has 1 fully saturated rings. The van der Waals surface area contributed by atoms with Crippen LogP contribution in [0.2, 0.25) is 0 Å². The summed E-state index contributed by atoms with van der Waals surface area (Å²) in [6, 6.07) is 12.1. The van der Waals surface area contributed by atoms with Gasteiger partial charge in [0.2, 0.25) is 0 Å². The second-order valence-electron chi connectivity index (χ2n) is 7.18. The third-order valence-electron chi connectivity index (χ3n) is 4.80. The highest BCUT2D eigenvalue weighted by Gasteiger charge is 2.26. The zero-order chi connectivity index (χ0) is 17.8. The lowest BCUT2D eigenvalue weighted by atomic mass is 9.96. The highest BCUT2D eigenvalue weighted by atomic mass is 35.5. The standard InChI is InChI=1S/C21H26ClNO2/c1-14(2)20-19(25-18-11-7-6-10-17(18)22)13-16(23-21(20)24)12-15-8-4-3-5-9-15/h3-5,8-9,13-14,17-18H,6-7,10-12H2,1-2H3,(H,23,24). The summed E-state index contributed by atoms with van der Waals surface area (Å²) < 4.78 is 6.27. The quantitative estimate of drug-likeness (QED) is 0.762. The van der Waals surface area contributed by atoms with Crippen LogP contribution in [0.25, 0.3) is 0 Å². The number of hydrogen-bond donors (Lipinski definition) is 1. The number of alkyl halides is 1. The molecule has 0 saturated heterocycles. The number of ether oxygens (including phenoxy) is 1. The molecule has 1 saturated carbocycles. The minimum atomic E-state index is -0.0552. The second-order valence-corrected chi connectivity index (χ2v) is 7.74. The highest BCUT2D eigenvalue weighted by molar-refractivity contribution is 6.21. The predicted molar refractivity (Wildman–Crippen MR) is 103 cm³/mol. The van der Waals surface area contributed by atoms with E-state index in [2.05, 4.69) is 17.1 Å². The predicted octanol–water partition coefficient (Wildman–Crippen LogP) is 5.02. The molecule has 2 aromatic rings. The van der Waals surface area contributed by atoms with Crippen molar-refractivity contribution < 1.29 is 4.74 Å². The third kappa shape index (κ3) is 4.46. The van der Waals surface area contributed by atoms with Gasteiger partial charge in [0.1, 0.15) is 11.9 Å².